The highest BCUT2D eigenvalue weighted by Gasteiger charge is 2.20. The minimum Gasteiger partial charge on any atom is -0.404 e. The van der Waals surface area contributed by atoms with Gasteiger partial charge >= 0.3 is 5.88 Å². The molecule has 3 rings (SSSR count). The van der Waals surface area contributed by atoms with Gasteiger partial charge < -0.3 is 4.42 Å². The molecule has 104 valence electrons. The Kier molecular flexibility index (Phi) is 3.49. The molecule has 1 atom stereocenters. The summed E-state index contributed by atoms with van der Waals surface area (Å²) in [7, 11) is 0. The molecule has 0 radical (unpaired) electrons. The lowest BCUT2D eigenvalue weighted by Crippen LogP contribution is -2.04. The fourth-order valence-corrected chi connectivity index (χ4v) is 2.90. The van der Waals surface area contributed by atoms with Gasteiger partial charge in [-0.3, -0.25) is 10.1 Å². The molecule has 20 heavy (non-hydrogen) atoms. The fraction of sp³-hybridized carbons (Fsp3) is 0.333. The number of rotatable bonds is 3. The van der Waals surface area contributed by atoms with Gasteiger partial charge in [-0.1, -0.05) is 18.2 Å². The van der Waals surface area contributed by atoms with Gasteiger partial charge in [0.2, 0.25) is 0 Å². The van der Waals surface area contributed by atoms with E-state index in [1.54, 1.807) is 6.07 Å². The first-order valence-corrected chi connectivity index (χ1v) is 7.08. The Labute approximate surface area is 121 Å². The predicted molar refractivity (Wildman–Crippen MR) is 76.1 cm³/mol. The first-order valence-electron chi connectivity index (χ1n) is 6.65. The summed E-state index contributed by atoms with van der Waals surface area (Å²) < 4.78 is 5.17. The van der Waals surface area contributed by atoms with Gasteiger partial charge in [-0.05, 0) is 48.4 Å². The maximum Gasteiger partial charge on any atom is 0.433 e. The number of fused-ring (bicyclic) bond motifs is 1. The van der Waals surface area contributed by atoms with Crippen LogP contribution in [0.4, 0.5) is 5.88 Å². The van der Waals surface area contributed by atoms with Gasteiger partial charge in [0.1, 0.15) is 16.1 Å². The second-order valence-corrected chi connectivity index (χ2v) is 5.47. The van der Waals surface area contributed by atoms with Crippen LogP contribution in [0.5, 0.6) is 0 Å². The zero-order chi connectivity index (χ0) is 14.1. The number of hydrogen-bond acceptors (Lipinski definition) is 3. The normalized spacial score (nSPS) is 15.7. The molecule has 0 saturated heterocycles. The predicted octanol–water partition coefficient (Wildman–Crippen LogP) is 4.39. The average Bonchev–Trinajstić information content (AvgIpc) is 2.96. The third-order valence-electron chi connectivity index (χ3n) is 3.71. The highest BCUT2D eigenvalue weighted by atomic mass is 35.5. The quantitative estimate of drug-likeness (QED) is 0.478. The lowest BCUT2D eigenvalue weighted by Gasteiger charge is -2.17. The third-order valence-corrected chi connectivity index (χ3v) is 4.17. The molecule has 0 saturated carbocycles. The number of halogens is 1. The van der Waals surface area contributed by atoms with E-state index >= 15 is 0 Å². The Balaban J connectivity index is 1.89. The van der Waals surface area contributed by atoms with Crippen LogP contribution in [0, 0.1) is 10.1 Å². The van der Waals surface area contributed by atoms with Crippen LogP contribution in [0.2, 0.25) is 0 Å². The van der Waals surface area contributed by atoms with Gasteiger partial charge in [0.25, 0.3) is 0 Å². The minimum atomic E-state index is -0.556. The standard InChI is InChI=1S/C15H14ClNO3/c16-15(13-7-8-14(20-13)17(18)19)12-6-5-10-3-1-2-4-11(10)9-12/h5-9,15H,1-4H2. The van der Waals surface area contributed by atoms with Crippen molar-refractivity contribution >= 4 is 17.5 Å². The number of benzene rings is 1. The molecule has 1 heterocycles. The zero-order valence-corrected chi connectivity index (χ0v) is 11.6. The maximum absolute atomic E-state index is 10.6. The van der Waals surface area contributed by atoms with Crippen LogP contribution in [0.1, 0.15) is 40.7 Å². The van der Waals surface area contributed by atoms with Crippen LogP contribution in [0.3, 0.4) is 0 Å². The van der Waals surface area contributed by atoms with Crippen LogP contribution < -0.4 is 0 Å². The second-order valence-electron chi connectivity index (χ2n) is 5.03. The van der Waals surface area contributed by atoms with E-state index in [1.165, 1.54) is 30.0 Å². The monoisotopic (exact) mass is 291 g/mol. The van der Waals surface area contributed by atoms with E-state index in [0.717, 1.165) is 18.4 Å². The third kappa shape index (κ3) is 2.43. The molecule has 1 aromatic carbocycles. The van der Waals surface area contributed by atoms with Crippen molar-refractivity contribution in [2.24, 2.45) is 0 Å². The highest BCUT2D eigenvalue weighted by molar-refractivity contribution is 6.22. The van der Waals surface area contributed by atoms with Crippen molar-refractivity contribution in [3.8, 4) is 0 Å². The molecule has 1 unspecified atom stereocenters. The second kappa shape index (κ2) is 5.29. The molecule has 0 bridgehead atoms. The molecule has 2 aromatic rings. The summed E-state index contributed by atoms with van der Waals surface area (Å²) in [6, 6.07) is 9.09. The van der Waals surface area contributed by atoms with E-state index in [4.69, 9.17) is 16.0 Å². The lowest BCUT2D eigenvalue weighted by atomic mass is 9.90. The Morgan fingerprint density at radius 3 is 2.60 bits per heavy atom. The number of hydrogen-bond donors (Lipinski definition) is 0. The van der Waals surface area contributed by atoms with Crippen molar-refractivity contribution in [2.75, 3.05) is 0 Å². The van der Waals surface area contributed by atoms with E-state index in [2.05, 4.69) is 12.1 Å². The zero-order valence-electron chi connectivity index (χ0n) is 10.8. The van der Waals surface area contributed by atoms with E-state index in [1.807, 2.05) is 6.07 Å². The maximum atomic E-state index is 10.6. The summed E-state index contributed by atoms with van der Waals surface area (Å²) in [4.78, 5) is 10.1. The molecular weight excluding hydrogens is 278 g/mol. The van der Waals surface area contributed by atoms with E-state index < -0.39 is 10.3 Å². The topological polar surface area (TPSA) is 56.3 Å². The lowest BCUT2D eigenvalue weighted by molar-refractivity contribution is -0.402. The summed E-state index contributed by atoms with van der Waals surface area (Å²) in [5.74, 6) is 0.137. The van der Waals surface area contributed by atoms with Crippen LogP contribution >= 0.6 is 11.6 Å². The summed E-state index contributed by atoms with van der Waals surface area (Å²) in [5.41, 5.74) is 3.64. The van der Waals surface area contributed by atoms with Gasteiger partial charge in [-0.15, -0.1) is 11.6 Å². The first kappa shape index (κ1) is 13.2. The van der Waals surface area contributed by atoms with Crippen LogP contribution in [-0.2, 0) is 12.8 Å². The number of aryl methyl sites for hydroxylation is 2. The van der Waals surface area contributed by atoms with Crippen LogP contribution in [0.25, 0.3) is 0 Å². The van der Waals surface area contributed by atoms with Crippen molar-refractivity contribution in [2.45, 2.75) is 31.1 Å². The van der Waals surface area contributed by atoms with Gasteiger partial charge in [0, 0.05) is 0 Å². The molecule has 0 aliphatic heterocycles. The molecule has 1 aliphatic carbocycles. The van der Waals surface area contributed by atoms with E-state index in [9.17, 15) is 10.1 Å². The molecule has 1 aromatic heterocycles. The van der Waals surface area contributed by atoms with Gasteiger partial charge in [-0.2, -0.15) is 0 Å². The molecule has 0 amide bonds. The molecule has 0 N–H and O–H groups in total. The van der Waals surface area contributed by atoms with Crippen molar-refractivity contribution in [1.82, 2.24) is 0 Å². The Bertz CT molecular complexity index is 650. The van der Waals surface area contributed by atoms with E-state index in [0.29, 0.717) is 5.76 Å². The summed E-state index contributed by atoms with van der Waals surface area (Å²) in [5, 5.41) is 10.1. The molecule has 4 nitrogen and oxygen atoms in total. The summed E-state index contributed by atoms with van der Waals surface area (Å²) in [6.45, 7) is 0. The SMILES string of the molecule is O=[N+]([O-])c1ccc(C(Cl)c2ccc3c(c2)CCCC3)o1. The summed E-state index contributed by atoms with van der Waals surface area (Å²) >= 11 is 6.38. The molecule has 0 fully saturated rings. The highest BCUT2D eigenvalue weighted by Crippen LogP contribution is 2.34. The van der Waals surface area contributed by atoms with Crippen molar-refractivity contribution < 1.29 is 9.34 Å². The largest absolute Gasteiger partial charge is 0.433 e. The van der Waals surface area contributed by atoms with Crippen LogP contribution in [0.15, 0.2) is 34.7 Å². The van der Waals surface area contributed by atoms with Gasteiger partial charge in [0.15, 0.2) is 0 Å². The van der Waals surface area contributed by atoms with Gasteiger partial charge in [-0.25, -0.2) is 0 Å². The molecule has 0 spiro atoms. The Hall–Kier alpha value is -1.81. The molecule has 1 aliphatic rings. The van der Waals surface area contributed by atoms with Crippen molar-refractivity contribution in [3.05, 3.63) is 62.9 Å². The first-order chi connectivity index (χ1) is 9.65. The smallest absolute Gasteiger partial charge is 0.404 e. The number of furan rings is 1. The Morgan fingerprint density at radius 2 is 1.90 bits per heavy atom. The minimum absolute atomic E-state index is 0.274. The average molecular weight is 292 g/mol. The van der Waals surface area contributed by atoms with Crippen LogP contribution in [-0.4, -0.2) is 4.92 Å². The Morgan fingerprint density at radius 1 is 1.15 bits per heavy atom. The number of alkyl halides is 1. The van der Waals surface area contributed by atoms with E-state index in [-0.39, 0.29) is 5.88 Å². The van der Waals surface area contributed by atoms with Gasteiger partial charge in [0.05, 0.1) is 6.07 Å². The molecular formula is C15H14ClNO3. The molecule has 5 heteroatoms. The van der Waals surface area contributed by atoms with Crippen molar-refractivity contribution in [1.29, 1.82) is 0 Å². The summed E-state index contributed by atoms with van der Waals surface area (Å²) in [6.07, 6.45) is 4.64. The number of nitro groups is 1. The van der Waals surface area contributed by atoms with Crippen molar-refractivity contribution in [3.63, 3.8) is 0 Å². The number of nitrogens with zero attached hydrogens (tertiary/aromatic N) is 1. The fourth-order valence-electron chi connectivity index (χ4n) is 2.65.